The van der Waals surface area contributed by atoms with Gasteiger partial charge >= 0.3 is 6.18 Å². The number of anilines is 1. The minimum absolute atomic E-state index is 0.296. The fourth-order valence-corrected chi connectivity index (χ4v) is 2.55. The number of para-hydroxylation sites is 1. The van der Waals surface area contributed by atoms with Gasteiger partial charge in [-0.05, 0) is 29.7 Å². The second-order valence-electron chi connectivity index (χ2n) is 5.76. The normalized spacial score (nSPS) is 11.3. The van der Waals surface area contributed by atoms with Crippen LogP contribution in [0.25, 0.3) is 0 Å². The summed E-state index contributed by atoms with van der Waals surface area (Å²) in [7, 11) is 0. The molecule has 1 aromatic heterocycles. The molecule has 26 heavy (non-hydrogen) atoms. The highest BCUT2D eigenvalue weighted by molar-refractivity contribution is 5.91. The summed E-state index contributed by atoms with van der Waals surface area (Å²) in [5, 5.41) is 6.13. The summed E-state index contributed by atoms with van der Waals surface area (Å²) in [4.78, 5) is 12.2. The van der Waals surface area contributed by atoms with E-state index < -0.39 is 17.8 Å². The quantitative estimate of drug-likeness (QED) is 0.745. The molecule has 0 saturated heterocycles. The third kappa shape index (κ3) is 4.50. The van der Waals surface area contributed by atoms with Gasteiger partial charge in [-0.3, -0.25) is 9.48 Å². The first-order chi connectivity index (χ1) is 12.4. The molecule has 0 radical (unpaired) electrons. The van der Waals surface area contributed by atoms with Gasteiger partial charge in [-0.2, -0.15) is 18.3 Å². The highest BCUT2D eigenvalue weighted by Gasteiger charge is 2.33. The molecule has 3 rings (SSSR count). The molecule has 0 aliphatic carbocycles. The van der Waals surface area contributed by atoms with Gasteiger partial charge in [0.05, 0.1) is 0 Å². The molecule has 1 heterocycles. The minimum Gasteiger partial charge on any atom is -0.324 e. The Bertz CT molecular complexity index is 888. The molecule has 4 nitrogen and oxygen atoms in total. The van der Waals surface area contributed by atoms with Crippen LogP contribution in [0.5, 0.6) is 0 Å². The van der Waals surface area contributed by atoms with Crippen molar-refractivity contribution in [2.75, 3.05) is 5.32 Å². The maximum absolute atomic E-state index is 12.6. The summed E-state index contributed by atoms with van der Waals surface area (Å²) in [5.41, 5.74) is 1.62. The SMILES string of the molecule is O=C(Cn1ccc(C(F)(F)F)n1)Nc1ccccc1Cc1ccccc1. The van der Waals surface area contributed by atoms with E-state index in [2.05, 4.69) is 10.4 Å². The van der Waals surface area contributed by atoms with E-state index in [0.717, 1.165) is 28.1 Å². The van der Waals surface area contributed by atoms with Gasteiger partial charge in [-0.25, -0.2) is 0 Å². The first-order valence-corrected chi connectivity index (χ1v) is 7.94. The molecule has 0 fully saturated rings. The van der Waals surface area contributed by atoms with Gasteiger partial charge in [0.15, 0.2) is 5.69 Å². The Kier molecular flexibility index (Phi) is 5.06. The zero-order chi connectivity index (χ0) is 18.6. The zero-order valence-corrected chi connectivity index (χ0v) is 13.7. The summed E-state index contributed by atoms with van der Waals surface area (Å²) >= 11 is 0. The van der Waals surface area contributed by atoms with E-state index in [4.69, 9.17) is 0 Å². The lowest BCUT2D eigenvalue weighted by Gasteiger charge is -2.11. The molecule has 2 aromatic carbocycles. The molecule has 134 valence electrons. The van der Waals surface area contributed by atoms with Crippen LogP contribution in [0.1, 0.15) is 16.8 Å². The maximum atomic E-state index is 12.6. The number of alkyl halides is 3. The van der Waals surface area contributed by atoms with Crippen molar-refractivity contribution in [3.05, 3.63) is 83.7 Å². The lowest BCUT2D eigenvalue weighted by Crippen LogP contribution is -2.20. The van der Waals surface area contributed by atoms with Gasteiger partial charge in [0, 0.05) is 11.9 Å². The smallest absolute Gasteiger partial charge is 0.324 e. The van der Waals surface area contributed by atoms with Crippen molar-refractivity contribution in [3.63, 3.8) is 0 Å². The van der Waals surface area contributed by atoms with Crippen LogP contribution in [0.2, 0.25) is 0 Å². The van der Waals surface area contributed by atoms with Gasteiger partial charge in [0.25, 0.3) is 0 Å². The Morgan fingerprint density at radius 2 is 1.69 bits per heavy atom. The van der Waals surface area contributed by atoms with E-state index in [0.29, 0.717) is 12.1 Å². The van der Waals surface area contributed by atoms with Gasteiger partial charge in [0.2, 0.25) is 5.91 Å². The Hall–Kier alpha value is -3.09. The van der Waals surface area contributed by atoms with Crippen molar-refractivity contribution in [1.29, 1.82) is 0 Å². The monoisotopic (exact) mass is 359 g/mol. The fourth-order valence-electron chi connectivity index (χ4n) is 2.55. The number of hydrogen-bond acceptors (Lipinski definition) is 2. The van der Waals surface area contributed by atoms with E-state index in [1.165, 1.54) is 0 Å². The number of nitrogens with one attached hydrogen (secondary N) is 1. The van der Waals surface area contributed by atoms with E-state index in [1.807, 2.05) is 42.5 Å². The third-order valence-corrected chi connectivity index (χ3v) is 3.77. The standard InChI is InChI=1S/C19H16F3N3O/c20-19(21,22)17-10-11-25(24-17)13-18(26)23-16-9-5-4-8-15(16)12-14-6-2-1-3-7-14/h1-11H,12-13H2,(H,23,26). The van der Waals surface area contributed by atoms with E-state index >= 15 is 0 Å². The van der Waals surface area contributed by atoms with Crippen LogP contribution in [0, 0.1) is 0 Å². The molecule has 0 saturated carbocycles. The van der Waals surface area contributed by atoms with Crippen LogP contribution in [0.4, 0.5) is 18.9 Å². The average Bonchev–Trinajstić information content (AvgIpc) is 3.06. The molecule has 0 aliphatic heterocycles. The van der Waals surface area contributed by atoms with Crippen molar-refractivity contribution in [1.82, 2.24) is 9.78 Å². The predicted molar refractivity (Wildman–Crippen MR) is 91.5 cm³/mol. The van der Waals surface area contributed by atoms with E-state index in [9.17, 15) is 18.0 Å². The highest BCUT2D eigenvalue weighted by Crippen LogP contribution is 2.27. The van der Waals surface area contributed by atoms with Gasteiger partial charge in [-0.1, -0.05) is 48.5 Å². The number of amides is 1. The molecule has 7 heteroatoms. The molecule has 0 spiro atoms. The van der Waals surface area contributed by atoms with Crippen LogP contribution in [-0.2, 0) is 23.9 Å². The largest absolute Gasteiger partial charge is 0.435 e. The minimum atomic E-state index is -4.52. The molecule has 0 bridgehead atoms. The summed E-state index contributed by atoms with van der Waals surface area (Å²) < 4.78 is 38.7. The highest BCUT2D eigenvalue weighted by atomic mass is 19.4. The number of halogens is 3. The Morgan fingerprint density at radius 3 is 2.38 bits per heavy atom. The second kappa shape index (κ2) is 7.43. The van der Waals surface area contributed by atoms with Crippen molar-refractivity contribution in [2.24, 2.45) is 0 Å². The molecular formula is C19H16F3N3O. The number of nitrogens with zero attached hydrogens (tertiary/aromatic N) is 2. The first-order valence-electron chi connectivity index (χ1n) is 7.94. The Balaban J connectivity index is 1.69. The summed E-state index contributed by atoms with van der Waals surface area (Å²) in [6.45, 7) is -0.296. The number of carbonyl (C=O) groups excluding carboxylic acids is 1. The number of aromatic nitrogens is 2. The maximum Gasteiger partial charge on any atom is 0.435 e. The fraction of sp³-hybridized carbons (Fsp3) is 0.158. The van der Waals surface area contributed by atoms with Crippen LogP contribution >= 0.6 is 0 Å². The van der Waals surface area contributed by atoms with Crippen LogP contribution in [0.15, 0.2) is 66.9 Å². The first kappa shape index (κ1) is 17.7. The van der Waals surface area contributed by atoms with Crippen molar-refractivity contribution >= 4 is 11.6 Å². The molecule has 1 amide bonds. The van der Waals surface area contributed by atoms with Crippen molar-refractivity contribution in [2.45, 2.75) is 19.1 Å². The van der Waals surface area contributed by atoms with Crippen molar-refractivity contribution < 1.29 is 18.0 Å². The van der Waals surface area contributed by atoms with Crippen LogP contribution < -0.4 is 5.32 Å². The van der Waals surface area contributed by atoms with Crippen LogP contribution in [-0.4, -0.2) is 15.7 Å². The molecule has 0 unspecified atom stereocenters. The second-order valence-corrected chi connectivity index (χ2v) is 5.76. The molecule has 0 aliphatic rings. The number of carbonyl (C=O) groups is 1. The van der Waals surface area contributed by atoms with E-state index in [1.54, 1.807) is 12.1 Å². The topological polar surface area (TPSA) is 46.9 Å². The molecule has 3 aromatic rings. The average molecular weight is 359 g/mol. The molecular weight excluding hydrogens is 343 g/mol. The number of benzene rings is 2. The molecule has 1 N–H and O–H groups in total. The molecule has 0 atom stereocenters. The van der Waals surface area contributed by atoms with Gasteiger partial charge in [-0.15, -0.1) is 0 Å². The number of rotatable bonds is 5. The lowest BCUT2D eigenvalue weighted by molar-refractivity contribution is -0.141. The predicted octanol–water partition coefficient (Wildman–Crippen LogP) is 4.13. The zero-order valence-electron chi connectivity index (χ0n) is 13.7. The van der Waals surface area contributed by atoms with Gasteiger partial charge < -0.3 is 5.32 Å². The Labute approximate surface area is 148 Å². The van der Waals surface area contributed by atoms with Crippen LogP contribution in [0.3, 0.4) is 0 Å². The summed E-state index contributed by atoms with van der Waals surface area (Å²) in [5.74, 6) is -0.442. The third-order valence-electron chi connectivity index (χ3n) is 3.77. The summed E-state index contributed by atoms with van der Waals surface area (Å²) in [6, 6.07) is 17.9. The Morgan fingerprint density at radius 1 is 1.00 bits per heavy atom. The van der Waals surface area contributed by atoms with Gasteiger partial charge in [0.1, 0.15) is 6.54 Å². The lowest BCUT2D eigenvalue weighted by atomic mass is 10.0. The number of hydrogen-bond donors (Lipinski definition) is 1. The van der Waals surface area contributed by atoms with Crippen molar-refractivity contribution in [3.8, 4) is 0 Å². The summed E-state index contributed by atoms with van der Waals surface area (Å²) in [6.07, 6.45) is -2.75. The van der Waals surface area contributed by atoms with E-state index in [-0.39, 0.29) is 6.54 Å².